The monoisotopic (exact) mass is 331 g/mol. The van der Waals surface area contributed by atoms with Crippen molar-refractivity contribution >= 4 is 0 Å². The van der Waals surface area contributed by atoms with Gasteiger partial charge in [-0.15, -0.1) is 0 Å². The molecule has 0 unspecified atom stereocenters. The van der Waals surface area contributed by atoms with Gasteiger partial charge in [-0.2, -0.15) is 0 Å². The zero-order chi connectivity index (χ0) is 16.8. The molecule has 1 saturated carbocycles. The van der Waals surface area contributed by atoms with Crippen molar-refractivity contribution < 1.29 is 9.84 Å². The molecule has 1 aromatic carbocycles. The highest BCUT2D eigenvalue weighted by molar-refractivity contribution is 5.29. The van der Waals surface area contributed by atoms with Crippen LogP contribution >= 0.6 is 0 Å². The normalized spacial score (nSPS) is 24.7. The molecule has 3 nitrogen and oxygen atoms in total. The second-order valence-corrected chi connectivity index (χ2v) is 7.88. The lowest BCUT2D eigenvalue weighted by Crippen LogP contribution is -2.41. The summed E-state index contributed by atoms with van der Waals surface area (Å²) in [5.41, 5.74) is 1.45. The van der Waals surface area contributed by atoms with Crippen LogP contribution in [0.25, 0.3) is 0 Å². The van der Waals surface area contributed by atoms with Crippen molar-refractivity contribution in [2.45, 2.75) is 63.9 Å². The number of likely N-dealkylation sites (tertiary alicyclic amines) is 1. The van der Waals surface area contributed by atoms with E-state index in [0.29, 0.717) is 6.61 Å². The van der Waals surface area contributed by atoms with Gasteiger partial charge < -0.3 is 14.7 Å². The van der Waals surface area contributed by atoms with Gasteiger partial charge in [-0.1, -0.05) is 38.3 Å². The number of ether oxygens (including phenoxy) is 1. The molecule has 1 aromatic rings. The van der Waals surface area contributed by atoms with Gasteiger partial charge in [0, 0.05) is 13.1 Å². The molecule has 134 valence electrons. The quantitative estimate of drug-likeness (QED) is 0.848. The second kappa shape index (κ2) is 8.87. The summed E-state index contributed by atoms with van der Waals surface area (Å²) in [6.45, 7) is 5.62. The molecule has 1 aliphatic heterocycles. The van der Waals surface area contributed by atoms with Crippen molar-refractivity contribution in [2.75, 3.05) is 26.2 Å². The van der Waals surface area contributed by atoms with E-state index in [4.69, 9.17) is 4.74 Å². The van der Waals surface area contributed by atoms with E-state index in [9.17, 15) is 5.11 Å². The van der Waals surface area contributed by atoms with Crippen LogP contribution in [0.1, 0.15) is 63.4 Å². The lowest BCUT2D eigenvalue weighted by atomic mass is 9.84. The van der Waals surface area contributed by atoms with Crippen molar-refractivity contribution in [1.82, 2.24) is 4.90 Å². The van der Waals surface area contributed by atoms with E-state index >= 15 is 0 Å². The Morgan fingerprint density at radius 2 is 1.83 bits per heavy atom. The fourth-order valence-electron chi connectivity index (χ4n) is 4.27. The molecular formula is C21H33NO2. The minimum Gasteiger partial charge on any atom is -0.491 e. The first-order chi connectivity index (χ1) is 11.7. The maximum Gasteiger partial charge on any atom is 0.119 e. The van der Waals surface area contributed by atoms with Gasteiger partial charge in [0.25, 0.3) is 0 Å². The first-order valence-electron chi connectivity index (χ1n) is 9.84. The fourth-order valence-corrected chi connectivity index (χ4v) is 4.27. The molecule has 24 heavy (non-hydrogen) atoms. The first kappa shape index (κ1) is 17.8. The number of aliphatic hydroxyl groups excluding tert-OH is 1. The van der Waals surface area contributed by atoms with E-state index in [1.807, 2.05) is 0 Å². The van der Waals surface area contributed by atoms with E-state index in [2.05, 4.69) is 36.1 Å². The van der Waals surface area contributed by atoms with Crippen LogP contribution in [0.4, 0.5) is 0 Å². The Morgan fingerprint density at radius 1 is 1.08 bits per heavy atom. The van der Waals surface area contributed by atoms with Crippen molar-refractivity contribution in [2.24, 2.45) is 5.92 Å². The number of β-amino-alcohol motifs (C(OH)–C–C–N with tert-alkyl or cyclic N) is 1. The average molecular weight is 332 g/mol. The third-order valence-electron chi connectivity index (χ3n) is 5.61. The molecule has 0 aromatic heterocycles. The Bertz CT molecular complexity index is 481. The Labute approximate surface area is 147 Å². The van der Waals surface area contributed by atoms with Crippen LogP contribution in [-0.4, -0.2) is 42.4 Å². The van der Waals surface area contributed by atoms with Crippen molar-refractivity contribution in [3.63, 3.8) is 0 Å². The summed E-state index contributed by atoms with van der Waals surface area (Å²) >= 11 is 0. The van der Waals surface area contributed by atoms with Crippen LogP contribution in [0.15, 0.2) is 24.3 Å². The van der Waals surface area contributed by atoms with Crippen molar-refractivity contribution in [3.05, 3.63) is 29.8 Å². The lowest BCUT2D eigenvalue weighted by Gasteiger charge is -2.32. The zero-order valence-electron chi connectivity index (χ0n) is 15.1. The van der Waals surface area contributed by atoms with Crippen LogP contribution in [0, 0.1) is 5.92 Å². The van der Waals surface area contributed by atoms with Gasteiger partial charge in [-0.05, 0) is 61.8 Å². The van der Waals surface area contributed by atoms with Crippen LogP contribution in [0.3, 0.4) is 0 Å². The predicted octanol–water partition coefficient (Wildman–Crippen LogP) is 4.21. The fraction of sp³-hybridized carbons (Fsp3) is 0.714. The molecule has 2 aliphatic rings. The minimum atomic E-state index is -0.409. The highest BCUT2D eigenvalue weighted by atomic mass is 16.5. The van der Waals surface area contributed by atoms with Crippen molar-refractivity contribution in [3.8, 4) is 5.75 Å². The van der Waals surface area contributed by atoms with Gasteiger partial charge >= 0.3 is 0 Å². The number of hydrogen-bond acceptors (Lipinski definition) is 3. The van der Waals surface area contributed by atoms with E-state index < -0.39 is 6.10 Å². The largest absolute Gasteiger partial charge is 0.491 e. The van der Waals surface area contributed by atoms with Gasteiger partial charge in [0.15, 0.2) is 0 Å². The summed E-state index contributed by atoms with van der Waals surface area (Å²) in [7, 11) is 0. The van der Waals surface area contributed by atoms with E-state index in [1.165, 1.54) is 50.5 Å². The van der Waals surface area contributed by atoms with Gasteiger partial charge in [0.05, 0.1) is 0 Å². The molecule has 2 fully saturated rings. The maximum absolute atomic E-state index is 10.2. The number of nitrogens with zero attached hydrogens (tertiary/aromatic N) is 1. The second-order valence-electron chi connectivity index (χ2n) is 7.88. The number of rotatable bonds is 6. The van der Waals surface area contributed by atoms with Crippen LogP contribution < -0.4 is 4.74 Å². The van der Waals surface area contributed by atoms with Crippen LogP contribution in [-0.2, 0) is 0 Å². The Hall–Kier alpha value is -1.06. The van der Waals surface area contributed by atoms with Gasteiger partial charge in [0.1, 0.15) is 18.5 Å². The van der Waals surface area contributed by atoms with Gasteiger partial charge in [0.2, 0.25) is 0 Å². The molecule has 0 radical (unpaired) electrons. The van der Waals surface area contributed by atoms with E-state index in [0.717, 1.165) is 37.2 Å². The zero-order valence-corrected chi connectivity index (χ0v) is 15.1. The average Bonchev–Trinajstić information content (AvgIpc) is 2.61. The summed E-state index contributed by atoms with van der Waals surface area (Å²) < 4.78 is 5.80. The van der Waals surface area contributed by atoms with Crippen LogP contribution in [0.2, 0.25) is 0 Å². The molecule has 0 bridgehead atoms. The first-order valence-corrected chi connectivity index (χ1v) is 9.84. The molecule has 1 N–H and O–H groups in total. The van der Waals surface area contributed by atoms with Gasteiger partial charge in [-0.25, -0.2) is 0 Å². The van der Waals surface area contributed by atoms with E-state index in [1.54, 1.807) is 0 Å². The standard InChI is InChI=1S/C21H33NO2/c1-17-6-5-13-22(14-17)15-20(23)16-24-21-11-9-19(10-12-21)18-7-3-2-4-8-18/h9-12,17-18,20,23H,2-8,13-16H2,1H3/t17-,20+/m1/s1. The third kappa shape index (κ3) is 5.22. The van der Waals surface area contributed by atoms with Crippen LogP contribution in [0.5, 0.6) is 5.75 Å². The number of aliphatic hydroxyl groups is 1. The summed E-state index contributed by atoms with van der Waals surface area (Å²) in [6, 6.07) is 8.56. The summed E-state index contributed by atoms with van der Waals surface area (Å²) in [5.74, 6) is 2.36. The Kier molecular flexibility index (Phi) is 6.56. The molecule has 0 spiro atoms. The predicted molar refractivity (Wildman–Crippen MR) is 98.6 cm³/mol. The number of benzene rings is 1. The highest BCUT2D eigenvalue weighted by Crippen LogP contribution is 2.33. The SMILES string of the molecule is C[C@@H]1CCCN(C[C@H](O)COc2ccc(C3CCCCC3)cc2)C1. The molecule has 0 amide bonds. The topological polar surface area (TPSA) is 32.7 Å². The summed E-state index contributed by atoms with van der Waals surface area (Å²) in [4.78, 5) is 2.37. The number of piperidine rings is 1. The summed E-state index contributed by atoms with van der Waals surface area (Å²) in [5, 5.41) is 10.2. The molecule has 3 rings (SSSR count). The Balaban J connectivity index is 1.42. The van der Waals surface area contributed by atoms with E-state index in [-0.39, 0.29) is 0 Å². The lowest BCUT2D eigenvalue weighted by molar-refractivity contribution is 0.0537. The van der Waals surface area contributed by atoms with Gasteiger partial charge in [-0.3, -0.25) is 0 Å². The molecule has 1 heterocycles. The molecule has 2 atom stereocenters. The molecule has 3 heteroatoms. The third-order valence-corrected chi connectivity index (χ3v) is 5.61. The maximum atomic E-state index is 10.2. The number of hydrogen-bond donors (Lipinski definition) is 1. The molecular weight excluding hydrogens is 298 g/mol. The molecule has 1 saturated heterocycles. The Morgan fingerprint density at radius 3 is 2.54 bits per heavy atom. The molecule has 1 aliphatic carbocycles. The minimum absolute atomic E-state index is 0.383. The smallest absolute Gasteiger partial charge is 0.119 e. The highest BCUT2D eigenvalue weighted by Gasteiger charge is 2.19. The van der Waals surface area contributed by atoms with Crippen molar-refractivity contribution in [1.29, 1.82) is 0 Å². The summed E-state index contributed by atoms with van der Waals surface area (Å²) in [6.07, 6.45) is 8.93.